The van der Waals surface area contributed by atoms with Crippen LogP contribution >= 0.6 is 11.6 Å². The average molecular weight is 333 g/mol. The number of methoxy groups -OCH3 is 1. The summed E-state index contributed by atoms with van der Waals surface area (Å²) < 4.78 is 10.4. The smallest absolute Gasteiger partial charge is 0.185 e. The molecule has 120 valence electrons. The molecule has 0 aliphatic carbocycles. The lowest BCUT2D eigenvalue weighted by atomic mass is 10.1. The van der Waals surface area contributed by atoms with E-state index in [1.54, 1.807) is 49.6 Å². The van der Waals surface area contributed by atoms with Crippen LogP contribution in [0.1, 0.15) is 22.8 Å². The number of ketones is 1. The lowest BCUT2D eigenvalue weighted by Crippen LogP contribution is -1.95. The van der Waals surface area contributed by atoms with E-state index in [4.69, 9.17) is 21.1 Å². The molecule has 23 heavy (non-hydrogen) atoms. The Bertz CT molecular complexity index is 738. The number of hydrogen-bond acceptors (Lipinski definition) is 4. The molecule has 0 atom stereocenters. The Balaban J connectivity index is 2.23. The quantitative estimate of drug-likeness (QED) is 0.631. The number of phenolic OH excluding ortho intramolecular Hbond substituents is 1. The topological polar surface area (TPSA) is 55.8 Å². The van der Waals surface area contributed by atoms with Crippen LogP contribution in [0.15, 0.2) is 42.5 Å². The molecule has 2 aromatic rings. The maximum Gasteiger partial charge on any atom is 0.185 e. The van der Waals surface area contributed by atoms with Gasteiger partial charge in [0, 0.05) is 5.56 Å². The van der Waals surface area contributed by atoms with Crippen molar-refractivity contribution in [2.75, 3.05) is 13.7 Å². The summed E-state index contributed by atoms with van der Waals surface area (Å²) >= 11 is 5.96. The van der Waals surface area contributed by atoms with Crippen molar-refractivity contribution in [1.82, 2.24) is 0 Å². The largest absolute Gasteiger partial charge is 0.503 e. The van der Waals surface area contributed by atoms with E-state index in [1.165, 1.54) is 6.08 Å². The molecule has 0 saturated heterocycles. The number of hydrogen-bond donors (Lipinski definition) is 1. The first-order chi connectivity index (χ1) is 11.0. The molecule has 0 saturated carbocycles. The molecule has 0 heterocycles. The van der Waals surface area contributed by atoms with Crippen LogP contribution in [-0.4, -0.2) is 24.6 Å². The molecule has 4 nitrogen and oxygen atoms in total. The molecule has 2 aromatic carbocycles. The van der Waals surface area contributed by atoms with Gasteiger partial charge in [0.1, 0.15) is 5.75 Å². The SMILES string of the molecule is CCOc1cc(C=CC(=O)c2cccc(OC)c2)cc(Cl)c1O. The highest BCUT2D eigenvalue weighted by Crippen LogP contribution is 2.35. The molecule has 2 rings (SSSR count). The van der Waals surface area contributed by atoms with Crippen molar-refractivity contribution in [3.8, 4) is 17.2 Å². The highest BCUT2D eigenvalue weighted by atomic mass is 35.5. The van der Waals surface area contributed by atoms with Crippen molar-refractivity contribution < 1.29 is 19.4 Å². The summed E-state index contributed by atoms with van der Waals surface area (Å²) in [6, 6.07) is 10.1. The van der Waals surface area contributed by atoms with Crippen molar-refractivity contribution in [1.29, 1.82) is 0 Å². The van der Waals surface area contributed by atoms with Crippen molar-refractivity contribution in [2.45, 2.75) is 6.92 Å². The first-order valence-electron chi connectivity index (χ1n) is 7.07. The molecule has 0 aromatic heterocycles. The molecule has 0 aliphatic heterocycles. The molecule has 0 spiro atoms. The van der Waals surface area contributed by atoms with Crippen LogP contribution in [0, 0.1) is 0 Å². The molecule has 0 amide bonds. The van der Waals surface area contributed by atoms with Crippen LogP contribution in [0.4, 0.5) is 0 Å². The second kappa shape index (κ2) is 7.70. The predicted molar refractivity (Wildman–Crippen MR) is 90.6 cm³/mol. The lowest BCUT2D eigenvalue weighted by molar-refractivity contribution is 0.104. The Kier molecular flexibility index (Phi) is 5.66. The van der Waals surface area contributed by atoms with Gasteiger partial charge in [-0.1, -0.05) is 29.8 Å². The van der Waals surface area contributed by atoms with E-state index in [1.807, 2.05) is 6.92 Å². The average Bonchev–Trinajstić information content (AvgIpc) is 2.57. The number of rotatable bonds is 6. The van der Waals surface area contributed by atoms with Gasteiger partial charge in [-0.15, -0.1) is 0 Å². The Morgan fingerprint density at radius 1 is 1.30 bits per heavy atom. The molecule has 0 fully saturated rings. The van der Waals surface area contributed by atoms with Gasteiger partial charge in [0.25, 0.3) is 0 Å². The summed E-state index contributed by atoms with van der Waals surface area (Å²) in [7, 11) is 1.55. The van der Waals surface area contributed by atoms with Crippen LogP contribution in [0.3, 0.4) is 0 Å². The first-order valence-corrected chi connectivity index (χ1v) is 7.44. The zero-order valence-electron chi connectivity index (χ0n) is 12.9. The van der Waals surface area contributed by atoms with Crippen LogP contribution in [-0.2, 0) is 0 Å². The van der Waals surface area contributed by atoms with Gasteiger partial charge in [-0.2, -0.15) is 0 Å². The van der Waals surface area contributed by atoms with E-state index in [2.05, 4.69) is 0 Å². The van der Waals surface area contributed by atoms with Gasteiger partial charge in [-0.05, 0) is 42.8 Å². The monoisotopic (exact) mass is 332 g/mol. The number of phenols is 1. The molecule has 0 radical (unpaired) electrons. The van der Waals surface area contributed by atoms with Crippen molar-refractivity contribution in [2.24, 2.45) is 0 Å². The fourth-order valence-corrected chi connectivity index (χ4v) is 2.22. The highest BCUT2D eigenvalue weighted by molar-refractivity contribution is 6.32. The van der Waals surface area contributed by atoms with Gasteiger partial charge in [0.15, 0.2) is 17.3 Å². The number of benzene rings is 2. The normalized spacial score (nSPS) is 10.7. The maximum absolute atomic E-state index is 12.2. The number of allylic oxidation sites excluding steroid dienone is 1. The molecule has 1 N–H and O–H groups in total. The van der Waals surface area contributed by atoms with E-state index < -0.39 is 0 Å². The zero-order valence-corrected chi connectivity index (χ0v) is 13.6. The summed E-state index contributed by atoms with van der Waals surface area (Å²) in [4.78, 5) is 12.2. The molecular weight excluding hydrogens is 316 g/mol. The molecule has 0 aliphatic rings. The van der Waals surface area contributed by atoms with E-state index in [0.717, 1.165) is 0 Å². The summed E-state index contributed by atoms with van der Waals surface area (Å²) in [5, 5.41) is 9.98. The first kappa shape index (κ1) is 16.9. The van der Waals surface area contributed by atoms with Crippen LogP contribution in [0.25, 0.3) is 6.08 Å². The number of ether oxygens (including phenoxy) is 2. The fourth-order valence-electron chi connectivity index (χ4n) is 2.00. The predicted octanol–water partition coefficient (Wildman–Crippen LogP) is 4.35. The van der Waals surface area contributed by atoms with Crippen molar-refractivity contribution in [3.05, 3.63) is 58.6 Å². The Morgan fingerprint density at radius 2 is 2.09 bits per heavy atom. The van der Waals surface area contributed by atoms with E-state index in [0.29, 0.717) is 23.5 Å². The van der Waals surface area contributed by atoms with Gasteiger partial charge in [0.2, 0.25) is 0 Å². The van der Waals surface area contributed by atoms with Crippen LogP contribution < -0.4 is 9.47 Å². The summed E-state index contributed by atoms with van der Waals surface area (Å²) in [5.41, 5.74) is 1.18. The highest BCUT2D eigenvalue weighted by Gasteiger charge is 2.09. The minimum Gasteiger partial charge on any atom is -0.503 e. The fraction of sp³-hybridized carbons (Fsp3) is 0.167. The number of carbonyl (C=O) groups excluding carboxylic acids is 1. The number of aromatic hydroxyl groups is 1. The Morgan fingerprint density at radius 3 is 2.78 bits per heavy atom. The van der Waals surface area contributed by atoms with Crippen molar-refractivity contribution in [3.63, 3.8) is 0 Å². The van der Waals surface area contributed by atoms with Gasteiger partial charge in [0.05, 0.1) is 18.7 Å². The van der Waals surface area contributed by atoms with E-state index in [9.17, 15) is 9.90 Å². The van der Waals surface area contributed by atoms with Gasteiger partial charge >= 0.3 is 0 Å². The standard InChI is InChI=1S/C18H17ClO4/c1-3-23-17-10-12(9-15(19)18(17)21)7-8-16(20)13-5-4-6-14(11-13)22-2/h4-11,21H,3H2,1-2H3. The van der Waals surface area contributed by atoms with Crippen LogP contribution in [0.5, 0.6) is 17.2 Å². The number of carbonyl (C=O) groups is 1. The third-order valence-corrected chi connectivity index (χ3v) is 3.42. The van der Waals surface area contributed by atoms with Gasteiger partial charge in [-0.25, -0.2) is 0 Å². The molecule has 5 heteroatoms. The third kappa shape index (κ3) is 4.27. The van der Waals surface area contributed by atoms with Crippen LogP contribution in [0.2, 0.25) is 5.02 Å². The maximum atomic E-state index is 12.2. The third-order valence-electron chi connectivity index (χ3n) is 3.13. The van der Waals surface area contributed by atoms with E-state index >= 15 is 0 Å². The zero-order chi connectivity index (χ0) is 16.8. The minimum atomic E-state index is -0.161. The van der Waals surface area contributed by atoms with Gasteiger partial charge in [-0.3, -0.25) is 4.79 Å². The Labute approximate surface area is 139 Å². The summed E-state index contributed by atoms with van der Waals surface area (Å²) in [5.74, 6) is 0.639. The molecule has 0 unspecified atom stereocenters. The minimum absolute atomic E-state index is 0.107. The second-order valence-electron chi connectivity index (χ2n) is 4.71. The van der Waals surface area contributed by atoms with E-state index in [-0.39, 0.29) is 22.3 Å². The van der Waals surface area contributed by atoms with Gasteiger partial charge < -0.3 is 14.6 Å². The van der Waals surface area contributed by atoms with Crippen molar-refractivity contribution >= 4 is 23.5 Å². The lowest BCUT2D eigenvalue weighted by Gasteiger charge is -2.08. The molecule has 0 bridgehead atoms. The summed E-state index contributed by atoms with van der Waals surface area (Å²) in [6.07, 6.45) is 3.06. The molecular formula is C18H17ClO4. The second-order valence-corrected chi connectivity index (χ2v) is 5.12. The number of halogens is 1. The summed E-state index contributed by atoms with van der Waals surface area (Å²) in [6.45, 7) is 2.21. The Hall–Kier alpha value is -2.46.